The standard InChI is InChI=1S/C35H26N2OP2/c1-5-13-26(14-6-1)39(27-15-7-2-8-16-27)32-21-23-36-30-25-31-35(38-34(30)32)33(22-24-37-31)40(28-17-9-3-10-18-28)29-19-11-4-12-20-29/h1-24H,25H2. The van der Waals surface area contributed by atoms with Crippen molar-refractivity contribution in [2.24, 2.45) is 0 Å². The summed E-state index contributed by atoms with van der Waals surface area (Å²) < 4.78 is 7.00. The highest BCUT2D eigenvalue weighted by atomic mass is 31.1. The molecule has 0 aliphatic carbocycles. The molecule has 0 spiro atoms. The van der Waals surface area contributed by atoms with Gasteiger partial charge in [-0.25, -0.2) is 0 Å². The molecule has 0 fully saturated rings. The minimum atomic E-state index is -0.843. The van der Waals surface area contributed by atoms with E-state index in [1.54, 1.807) is 0 Å². The summed E-state index contributed by atoms with van der Waals surface area (Å²) in [5.41, 5.74) is 1.88. The zero-order chi connectivity index (χ0) is 26.7. The van der Waals surface area contributed by atoms with Crippen molar-refractivity contribution >= 4 is 47.7 Å². The monoisotopic (exact) mass is 552 g/mol. The molecule has 0 saturated carbocycles. The Hall–Kier alpha value is -4.16. The fourth-order valence-electron chi connectivity index (χ4n) is 5.21. The van der Waals surface area contributed by atoms with E-state index in [9.17, 15) is 0 Å². The van der Waals surface area contributed by atoms with Crippen LogP contribution in [0.25, 0.3) is 0 Å². The number of hydrogen-bond acceptors (Lipinski definition) is 3. The quantitative estimate of drug-likeness (QED) is 0.249. The second-order valence-corrected chi connectivity index (χ2v) is 13.9. The van der Waals surface area contributed by atoms with E-state index in [1.165, 1.54) is 31.8 Å². The van der Waals surface area contributed by atoms with Gasteiger partial charge in [0.25, 0.3) is 0 Å². The van der Waals surface area contributed by atoms with Gasteiger partial charge in [-0.15, -0.1) is 0 Å². The molecule has 1 aliphatic heterocycles. The van der Waals surface area contributed by atoms with Gasteiger partial charge in [-0.3, -0.25) is 9.97 Å². The van der Waals surface area contributed by atoms with E-state index in [4.69, 9.17) is 14.7 Å². The fourth-order valence-corrected chi connectivity index (χ4v) is 9.99. The van der Waals surface area contributed by atoms with Crippen molar-refractivity contribution in [2.45, 2.75) is 6.42 Å². The van der Waals surface area contributed by atoms with Gasteiger partial charge in [-0.1, -0.05) is 121 Å². The van der Waals surface area contributed by atoms with E-state index in [2.05, 4.69) is 133 Å². The Morgan fingerprint density at radius 3 is 1.07 bits per heavy atom. The minimum Gasteiger partial charge on any atom is -0.452 e. The van der Waals surface area contributed by atoms with Crippen LogP contribution < -0.4 is 36.6 Å². The molecule has 4 aromatic carbocycles. The van der Waals surface area contributed by atoms with Crippen molar-refractivity contribution in [1.82, 2.24) is 9.97 Å². The third-order valence-electron chi connectivity index (χ3n) is 6.99. The van der Waals surface area contributed by atoms with Crippen molar-refractivity contribution in [3.63, 3.8) is 0 Å². The maximum absolute atomic E-state index is 7.00. The molecule has 40 heavy (non-hydrogen) atoms. The third-order valence-corrected chi connectivity index (χ3v) is 11.9. The van der Waals surface area contributed by atoms with Gasteiger partial charge in [0.05, 0.1) is 11.4 Å². The van der Waals surface area contributed by atoms with E-state index in [1.807, 2.05) is 12.4 Å². The van der Waals surface area contributed by atoms with Crippen LogP contribution in [0.3, 0.4) is 0 Å². The lowest BCUT2D eigenvalue weighted by Crippen LogP contribution is -2.27. The van der Waals surface area contributed by atoms with Gasteiger partial charge in [0.1, 0.15) is 0 Å². The second kappa shape index (κ2) is 11.1. The van der Waals surface area contributed by atoms with Gasteiger partial charge in [0.15, 0.2) is 11.5 Å². The topological polar surface area (TPSA) is 35.0 Å². The summed E-state index contributed by atoms with van der Waals surface area (Å²) in [7, 11) is -1.69. The summed E-state index contributed by atoms with van der Waals surface area (Å²) in [6.45, 7) is 0. The molecule has 5 heteroatoms. The largest absolute Gasteiger partial charge is 0.452 e. The van der Waals surface area contributed by atoms with Crippen molar-refractivity contribution in [1.29, 1.82) is 0 Å². The molecule has 192 valence electrons. The molecule has 0 amide bonds. The number of fused-ring (bicyclic) bond motifs is 2. The maximum atomic E-state index is 7.00. The zero-order valence-corrected chi connectivity index (χ0v) is 23.5. The Kier molecular flexibility index (Phi) is 6.92. The molecule has 0 N–H and O–H groups in total. The first-order valence-corrected chi connectivity index (χ1v) is 16.0. The van der Waals surface area contributed by atoms with Gasteiger partial charge in [0, 0.05) is 29.4 Å². The minimum absolute atomic E-state index is 0.645. The molecule has 0 saturated heterocycles. The van der Waals surface area contributed by atoms with Crippen LogP contribution in [0.2, 0.25) is 0 Å². The van der Waals surface area contributed by atoms with E-state index < -0.39 is 15.8 Å². The number of benzene rings is 4. The highest BCUT2D eigenvalue weighted by Gasteiger charge is 2.31. The average Bonchev–Trinajstić information content (AvgIpc) is 3.03. The molecule has 0 radical (unpaired) electrons. The number of pyridine rings is 2. The van der Waals surface area contributed by atoms with E-state index in [0.717, 1.165) is 22.9 Å². The molecule has 7 rings (SSSR count). The summed E-state index contributed by atoms with van der Waals surface area (Å²) in [5, 5.41) is 7.51. The Labute approximate surface area is 237 Å². The Morgan fingerprint density at radius 1 is 0.425 bits per heavy atom. The van der Waals surface area contributed by atoms with Crippen molar-refractivity contribution in [2.75, 3.05) is 0 Å². The average molecular weight is 553 g/mol. The van der Waals surface area contributed by atoms with Crippen molar-refractivity contribution < 1.29 is 4.74 Å². The first-order chi connectivity index (χ1) is 19.9. The fraction of sp³-hybridized carbons (Fsp3) is 0.0286. The summed E-state index contributed by atoms with van der Waals surface area (Å²) in [5.74, 6) is 1.75. The van der Waals surface area contributed by atoms with Crippen LogP contribution in [0.1, 0.15) is 11.4 Å². The summed E-state index contributed by atoms with van der Waals surface area (Å²) in [4.78, 5) is 9.58. The maximum Gasteiger partial charge on any atom is 0.157 e. The number of hydrogen-bond donors (Lipinski definition) is 0. The molecule has 3 heterocycles. The van der Waals surface area contributed by atoms with E-state index in [0.29, 0.717) is 6.42 Å². The lowest BCUT2D eigenvalue weighted by molar-refractivity contribution is 0.459. The lowest BCUT2D eigenvalue weighted by atomic mass is 10.1. The van der Waals surface area contributed by atoms with Gasteiger partial charge >= 0.3 is 0 Å². The highest BCUT2D eigenvalue weighted by molar-refractivity contribution is 7.80. The van der Waals surface area contributed by atoms with Crippen molar-refractivity contribution in [3.05, 3.63) is 157 Å². The first-order valence-electron chi connectivity index (χ1n) is 13.3. The van der Waals surface area contributed by atoms with Crippen LogP contribution in [0, 0.1) is 0 Å². The van der Waals surface area contributed by atoms with Gasteiger partial charge in [0.2, 0.25) is 0 Å². The molecule has 0 unspecified atom stereocenters. The molecule has 0 bridgehead atoms. The van der Waals surface area contributed by atoms with Crippen LogP contribution in [0.5, 0.6) is 11.5 Å². The van der Waals surface area contributed by atoms with Gasteiger partial charge < -0.3 is 4.74 Å². The van der Waals surface area contributed by atoms with E-state index in [-0.39, 0.29) is 0 Å². The van der Waals surface area contributed by atoms with Crippen LogP contribution in [-0.2, 0) is 6.42 Å². The highest BCUT2D eigenvalue weighted by Crippen LogP contribution is 2.45. The molecule has 6 aromatic rings. The normalized spacial score (nSPS) is 12.1. The van der Waals surface area contributed by atoms with Crippen LogP contribution in [-0.4, -0.2) is 9.97 Å². The van der Waals surface area contributed by atoms with Crippen LogP contribution in [0.15, 0.2) is 146 Å². The molecular formula is C35H26N2OP2. The second-order valence-electron chi connectivity index (χ2n) is 9.50. The third kappa shape index (κ3) is 4.73. The number of nitrogens with zero attached hydrogens (tertiary/aromatic N) is 2. The molecule has 1 aliphatic rings. The molecule has 2 aromatic heterocycles. The first kappa shape index (κ1) is 24.9. The van der Waals surface area contributed by atoms with Gasteiger partial charge in [-0.05, 0) is 49.2 Å². The number of rotatable bonds is 6. The number of ether oxygens (including phenoxy) is 1. The molecule has 0 atom stereocenters. The Bertz CT molecular complexity index is 1540. The van der Waals surface area contributed by atoms with Crippen molar-refractivity contribution in [3.8, 4) is 11.5 Å². The lowest BCUT2D eigenvalue weighted by Gasteiger charge is -2.29. The van der Waals surface area contributed by atoms with Gasteiger partial charge in [-0.2, -0.15) is 0 Å². The SMILES string of the molecule is c1ccc(P(c2ccccc2)c2ccnc3c2Oc2c(P(c4ccccc4)c4ccccc4)ccnc2C3)cc1. The number of aromatic nitrogens is 2. The summed E-state index contributed by atoms with van der Waals surface area (Å²) >= 11 is 0. The van der Waals surface area contributed by atoms with E-state index >= 15 is 0 Å². The predicted octanol–water partition coefficient (Wildman–Crippen LogP) is 5.69. The zero-order valence-electron chi connectivity index (χ0n) is 21.8. The smallest absolute Gasteiger partial charge is 0.157 e. The molecule has 3 nitrogen and oxygen atoms in total. The molecular weight excluding hydrogens is 526 g/mol. The Morgan fingerprint density at radius 2 is 0.750 bits per heavy atom. The Balaban J connectivity index is 1.39. The van der Waals surface area contributed by atoms with Crippen LogP contribution >= 0.6 is 15.8 Å². The van der Waals surface area contributed by atoms with Crippen LogP contribution in [0.4, 0.5) is 0 Å². The summed E-state index contributed by atoms with van der Waals surface area (Å²) in [6.07, 6.45) is 4.49. The summed E-state index contributed by atoms with van der Waals surface area (Å²) in [6, 6.07) is 47.3. The predicted molar refractivity (Wildman–Crippen MR) is 169 cm³/mol.